The highest BCUT2D eigenvalue weighted by atomic mass is 19.4. The summed E-state index contributed by atoms with van der Waals surface area (Å²) >= 11 is 0. The lowest BCUT2D eigenvalue weighted by Crippen LogP contribution is -2.54. The number of carbonyl (C=O) groups is 1. The molecule has 0 radical (unpaired) electrons. The molecule has 11 heteroatoms. The van der Waals surface area contributed by atoms with Gasteiger partial charge in [0.1, 0.15) is 22.5 Å². The monoisotopic (exact) mass is 480 g/mol. The van der Waals surface area contributed by atoms with Gasteiger partial charge in [0.25, 0.3) is 6.01 Å². The van der Waals surface area contributed by atoms with Crippen molar-refractivity contribution in [1.29, 1.82) is 0 Å². The lowest BCUT2D eigenvalue weighted by Gasteiger charge is -2.39. The summed E-state index contributed by atoms with van der Waals surface area (Å²) in [5.74, 6) is -1.46. The molecule has 1 saturated heterocycles. The molecule has 0 aliphatic carbocycles. The highest BCUT2D eigenvalue weighted by Crippen LogP contribution is 2.42. The summed E-state index contributed by atoms with van der Waals surface area (Å²) in [6.45, 7) is 7.83. The van der Waals surface area contributed by atoms with Crippen molar-refractivity contribution in [2.75, 3.05) is 24.5 Å². The summed E-state index contributed by atoms with van der Waals surface area (Å²) in [5.41, 5.74) is -2.64. The van der Waals surface area contributed by atoms with Crippen LogP contribution in [-0.4, -0.2) is 52.2 Å². The van der Waals surface area contributed by atoms with E-state index in [0.717, 1.165) is 6.07 Å². The largest absolute Gasteiger partial charge is 0.444 e. The Morgan fingerprint density at radius 2 is 1.94 bits per heavy atom. The van der Waals surface area contributed by atoms with E-state index in [1.54, 1.807) is 50.8 Å². The smallest absolute Gasteiger partial charge is 0.421 e. The molecule has 7 nitrogen and oxygen atoms in total. The minimum atomic E-state index is -4.97. The number of rotatable bonds is 2. The van der Waals surface area contributed by atoms with Crippen LogP contribution in [0.1, 0.15) is 33.3 Å². The fourth-order valence-electron chi connectivity index (χ4n) is 3.88. The highest BCUT2D eigenvalue weighted by Gasteiger charge is 2.40. The van der Waals surface area contributed by atoms with Crippen LogP contribution in [-0.2, 0) is 10.9 Å². The minimum absolute atomic E-state index is 0.0693. The van der Waals surface area contributed by atoms with Crippen LogP contribution in [0.5, 0.6) is 0 Å². The third-order valence-corrected chi connectivity index (χ3v) is 5.36. The fraction of sp³-hybridized carbons (Fsp3) is 0.435. The van der Waals surface area contributed by atoms with Gasteiger partial charge in [0.2, 0.25) is 0 Å². The molecule has 3 aromatic rings. The molecule has 0 N–H and O–H groups in total. The molecule has 1 amide bonds. The lowest BCUT2D eigenvalue weighted by molar-refractivity contribution is -0.138. The number of pyridine rings is 1. The van der Waals surface area contributed by atoms with Gasteiger partial charge in [-0.05, 0) is 45.9 Å². The van der Waals surface area contributed by atoms with Crippen molar-refractivity contribution in [3.63, 3.8) is 0 Å². The number of nitrogens with zero attached hydrogens (tertiary/aromatic N) is 4. The van der Waals surface area contributed by atoms with Crippen LogP contribution in [0.25, 0.3) is 22.4 Å². The summed E-state index contributed by atoms with van der Waals surface area (Å²) < 4.78 is 67.0. The number of alkyl halides is 3. The molecule has 1 aromatic carbocycles. The van der Waals surface area contributed by atoms with Gasteiger partial charge < -0.3 is 19.0 Å². The van der Waals surface area contributed by atoms with Crippen LogP contribution in [0, 0.1) is 5.82 Å². The number of oxazole rings is 1. The standard InChI is InChI=1S/C23H24F4N4O3/c1-13-12-30(21(32)34-22(2,3)4)9-10-31(13)20-29-18-17(23(25,26)27)15(24)11-14(19(18)33-20)16-7-5-6-8-28-16/h5-8,11,13H,9-10,12H2,1-4H3. The molecule has 1 aliphatic heterocycles. The van der Waals surface area contributed by atoms with Crippen molar-refractivity contribution in [3.05, 3.63) is 41.8 Å². The maximum absolute atomic E-state index is 14.7. The van der Waals surface area contributed by atoms with Crippen LogP contribution in [0.2, 0.25) is 0 Å². The van der Waals surface area contributed by atoms with Gasteiger partial charge in [-0.25, -0.2) is 9.18 Å². The Bertz CT molecular complexity index is 1200. The van der Waals surface area contributed by atoms with E-state index in [9.17, 15) is 22.4 Å². The van der Waals surface area contributed by atoms with Crippen molar-refractivity contribution in [2.24, 2.45) is 0 Å². The van der Waals surface area contributed by atoms with Crippen LogP contribution in [0.15, 0.2) is 34.9 Å². The van der Waals surface area contributed by atoms with Crippen molar-refractivity contribution in [1.82, 2.24) is 14.9 Å². The first-order valence-corrected chi connectivity index (χ1v) is 10.7. The highest BCUT2D eigenvalue weighted by molar-refractivity contribution is 5.92. The van der Waals surface area contributed by atoms with E-state index in [1.807, 2.05) is 0 Å². The zero-order chi connectivity index (χ0) is 24.8. The average Bonchev–Trinajstić information content (AvgIpc) is 3.15. The molecule has 1 atom stereocenters. The van der Waals surface area contributed by atoms with E-state index in [1.165, 1.54) is 11.1 Å². The molecule has 0 spiro atoms. The number of fused-ring (bicyclic) bond motifs is 1. The molecule has 1 aliphatic rings. The summed E-state index contributed by atoms with van der Waals surface area (Å²) in [7, 11) is 0. The second kappa shape index (κ2) is 8.44. The maximum atomic E-state index is 14.7. The molecule has 1 unspecified atom stereocenters. The second-order valence-electron chi connectivity index (χ2n) is 9.14. The van der Waals surface area contributed by atoms with Crippen molar-refractivity contribution in [2.45, 2.75) is 45.5 Å². The number of carbonyl (C=O) groups excluding carboxylic acids is 1. The summed E-state index contributed by atoms with van der Waals surface area (Å²) in [5, 5.41) is 0. The average molecular weight is 480 g/mol. The van der Waals surface area contributed by atoms with E-state index in [2.05, 4.69) is 9.97 Å². The number of aromatic nitrogens is 2. The first-order chi connectivity index (χ1) is 15.8. The van der Waals surface area contributed by atoms with Gasteiger partial charge in [-0.3, -0.25) is 4.98 Å². The number of amides is 1. The first-order valence-electron chi connectivity index (χ1n) is 10.7. The predicted molar refractivity (Wildman–Crippen MR) is 117 cm³/mol. The predicted octanol–water partition coefficient (Wildman–Crippen LogP) is 5.49. The van der Waals surface area contributed by atoms with Gasteiger partial charge in [-0.1, -0.05) is 6.07 Å². The molecule has 0 bridgehead atoms. The van der Waals surface area contributed by atoms with Gasteiger partial charge in [0.15, 0.2) is 5.58 Å². The molecule has 4 rings (SSSR count). The van der Waals surface area contributed by atoms with Gasteiger partial charge >= 0.3 is 12.3 Å². The summed E-state index contributed by atoms with van der Waals surface area (Å²) in [4.78, 5) is 23.8. The van der Waals surface area contributed by atoms with Crippen molar-refractivity contribution < 1.29 is 31.5 Å². The first kappa shape index (κ1) is 23.8. The molecule has 34 heavy (non-hydrogen) atoms. The van der Waals surface area contributed by atoms with E-state index in [0.29, 0.717) is 0 Å². The quantitative estimate of drug-likeness (QED) is 0.452. The zero-order valence-corrected chi connectivity index (χ0v) is 19.1. The zero-order valence-electron chi connectivity index (χ0n) is 19.1. The Morgan fingerprint density at radius 1 is 1.21 bits per heavy atom. The third-order valence-electron chi connectivity index (χ3n) is 5.36. The summed E-state index contributed by atoms with van der Waals surface area (Å²) in [6, 6.07) is 5.17. The number of hydrogen-bond donors (Lipinski definition) is 0. The van der Waals surface area contributed by atoms with Crippen LogP contribution >= 0.6 is 0 Å². The Balaban J connectivity index is 1.73. The molecule has 2 aromatic heterocycles. The van der Waals surface area contributed by atoms with Crippen molar-refractivity contribution >= 4 is 23.2 Å². The second-order valence-corrected chi connectivity index (χ2v) is 9.14. The van der Waals surface area contributed by atoms with E-state index in [-0.39, 0.29) is 48.5 Å². The Hall–Kier alpha value is -3.37. The summed E-state index contributed by atoms with van der Waals surface area (Å²) in [6.07, 6.45) is -4.00. The molecular formula is C23H24F4N4O3. The van der Waals surface area contributed by atoms with E-state index in [4.69, 9.17) is 9.15 Å². The number of piperazine rings is 1. The van der Waals surface area contributed by atoms with Gasteiger partial charge in [0.05, 0.1) is 5.69 Å². The number of benzene rings is 1. The Kier molecular flexibility index (Phi) is 5.91. The Morgan fingerprint density at radius 3 is 2.53 bits per heavy atom. The van der Waals surface area contributed by atoms with Gasteiger partial charge in [-0.2, -0.15) is 18.2 Å². The SMILES string of the molecule is CC1CN(C(=O)OC(C)(C)C)CCN1c1nc2c(C(F)(F)F)c(F)cc(-c3ccccn3)c2o1. The van der Waals surface area contributed by atoms with Gasteiger partial charge in [0, 0.05) is 37.4 Å². The van der Waals surface area contributed by atoms with Crippen LogP contribution in [0.4, 0.5) is 28.4 Å². The molecule has 3 heterocycles. The Labute approximate surface area is 193 Å². The number of anilines is 1. The van der Waals surface area contributed by atoms with Crippen LogP contribution in [0.3, 0.4) is 0 Å². The van der Waals surface area contributed by atoms with Crippen LogP contribution < -0.4 is 4.90 Å². The van der Waals surface area contributed by atoms with E-state index >= 15 is 0 Å². The molecular weight excluding hydrogens is 456 g/mol. The fourth-order valence-corrected chi connectivity index (χ4v) is 3.88. The molecule has 0 saturated carbocycles. The van der Waals surface area contributed by atoms with Crippen molar-refractivity contribution in [3.8, 4) is 11.3 Å². The van der Waals surface area contributed by atoms with Gasteiger partial charge in [-0.15, -0.1) is 0 Å². The topological polar surface area (TPSA) is 71.7 Å². The molecule has 182 valence electrons. The molecule has 1 fully saturated rings. The lowest BCUT2D eigenvalue weighted by atomic mass is 10.0. The van der Waals surface area contributed by atoms with E-state index < -0.39 is 34.8 Å². The normalized spacial score (nSPS) is 17.4. The number of halogens is 4. The minimum Gasteiger partial charge on any atom is -0.444 e. The third kappa shape index (κ3) is 4.64. The number of hydrogen-bond acceptors (Lipinski definition) is 6. The number of ether oxygens (including phenoxy) is 1. The maximum Gasteiger partial charge on any atom is 0.421 e.